The Morgan fingerprint density at radius 3 is 1.80 bits per heavy atom. The maximum atomic E-state index is 13.4. The Kier molecular flexibility index (Phi) is 12.0. The number of nitrogens with zero attached hydrogens (tertiary/aromatic N) is 1. The zero-order valence-corrected chi connectivity index (χ0v) is 33.5. The normalized spacial score (nSPS) is 22.9. The molecule has 1 unspecified atom stereocenters. The summed E-state index contributed by atoms with van der Waals surface area (Å²) in [5, 5.41) is 10.3. The Hall–Kier alpha value is -1.40. The number of rotatable bonds is 11. The number of aliphatic hydroxyl groups is 1. The van der Waals surface area contributed by atoms with Gasteiger partial charge in [-0.25, -0.2) is 9.59 Å². The van der Waals surface area contributed by atoms with E-state index in [9.17, 15) is 19.5 Å². The molecule has 0 saturated carbocycles. The molecule has 2 rings (SSSR count). The van der Waals surface area contributed by atoms with Gasteiger partial charge in [-0.05, 0) is 61.3 Å². The maximum Gasteiger partial charge on any atom is 0.339 e. The molecule has 1 aliphatic heterocycles. The number of ether oxygens (including phenoxy) is 2. The van der Waals surface area contributed by atoms with E-state index >= 15 is 0 Å². The topological polar surface area (TPSA) is 138 Å². The van der Waals surface area contributed by atoms with Crippen LogP contribution in [0.25, 0.3) is 0 Å². The first-order valence-corrected chi connectivity index (χ1v) is 24.7. The van der Waals surface area contributed by atoms with Crippen LogP contribution in [-0.2, 0) is 27.5 Å². The zero-order chi connectivity index (χ0) is 35.1. The van der Waals surface area contributed by atoms with Crippen molar-refractivity contribution in [2.45, 2.75) is 154 Å². The molecular formula is C31H60N2O9Si3. The van der Waals surface area contributed by atoms with Crippen LogP contribution >= 0.6 is 0 Å². The molecule has 1 aromatic rings. The summed E-state index contributed by atoms with van der Waals surface area (Å²) in [6.45, 7) is 34.1. The second-order valence-corrected chi connectivity index (χ2v) is 31.0. The molecule has 0 radical (unpaired) electrons. The molecule has 0 aromatic carbocycles. The lowest BCUT2D eigenvalue weighted by atomic mass is 10.1. The molecule has 0 amide bonds. The molecule has 5 atom stereocenters. The smallest absolute Gasteiger partial charge is 0.339 e. The lowest BCUT2D eigenvalue weighted by molar-refractivity contribution is -0.153. The van der Waals surface area contributed by atoms with Gasteiger partial charge < -0.3 is 27.9 Å². The predicted molar refractivity (Wildman–Crippen MR) is 184 cm³/mol. The average molecular weight is 689 g/mol. The fraction of sp³-hybridized carbons (Fsp3) is 0.839. The highest BCUT2D eigenvalue weighted by Crippen LogP contribution is 2.46. The van der Waals surface area contributed by atoms with E-state index in [1.807, 2.05) is 0 Å². The number of H-pyrrole nitrogens is 1. The van der Waals surface area contributed by atoms with Crippen LogP contribution in [-0.4, -0.2) is 77.1 Å². The highest BCUT2D eigenvalue weighted by molar-refractivity contribution is 6.75. The van der Waals surface area contributed by atoms with E-state index in [4.69, 9.17) is 22.8 Å². The lowest BCUT2D eigenvalue weighted by Crippen LogP contribution is -2.55. The van der Waals surface area contributed by atoms with Crippen molar-refractivity contribution >= 4 is 30.9 Å². The molecule has 2 N–H and O–H groups in total. The van der Waals surface area contributed by atoms with Gasteiger partial charge in [-0.2, -0.15) is 0 Å². The van der Waals surface area contributed by atoms with Crippen LogP contribution in [0.4, 0.5) is 0 Å². The number of hydrogen-bond donors (Lipinski definition) is 2. The van der Waals surface area contributed by atoms with Gasteiger partial charge in [0.15, 0.2) is 37.3 Å². The summed E-state index contributed by atoms with van der Waals surface area (Å²) < 4.78 is 33.7. The van der Waals surface area contributed by atoms with E-state index in [2.05, 4.69) is 107 Å². The molecule has 45 heavy (non-hydrogen) atoms. The SMILES string of the molecule is CCOC(=O)C(O)c1cn([C@@H]2O[C@H](CO[Si](C)(C)C(C)(C)C)[C@@H](O[Si](C)(C)C(C)(C)C)[C@H]2O[Si](C)(C)C(C)(C)C)c(=O)[nH]c1=O. The molecule has 260 valence electrons. The lowest BCUT2D eigenvalue weighted by Gasteiger charge is -2.44. The van der Waals surface area contributed by atoms with Crippen LogP contribution in [0, 0.1) is 0 Å². The first-order valence-electron chi connectivity index (χ1n) is 15.9. The third-order valence-electron chi connectivity index (χ3n) is 10.2. The summed E-state index contributed by atoms with van der Waals surface area (Å²) in [5.74, 6) is -0.991. The Morgan fingerprint density at radius 1 is 0.889 bits per heavy atom. The van der Waals surface area contributed by atoms with Crippen LogP contribution < -0.4 is 11.2 Å². The van der Waals surface area contributed by atoms with Gasteiger partial charge in [-0.3, -0.25) is 14.3 Å². The minimum atomic E-state index is -2.51. The van der Waals surface area contributed by atoms with Crippen LogP contribution in [0.2, 0.25) is 54.4 Å². The summed E-state index contributed by atoms with van der Waals surface area (Å²) in [6.07, 6.45) is -3.73. The van der Waals surface area contributed by atoms with Crippen LogP contribution in [0.3, 0.4) is 0 Å². The van der Waals surface area contributed by atoms with Gasteiger partial charge in [-0.1, -0.05) is 62.3 Å². The van der Waals surface area contributed by atoms with E-state index in [0.717, 1.165) is 0 Å². The summed E-state index contributed by atoms with van der Waals surface area (Å²) in [4.78, 5) is 40.9. The van der Waals surface area contributed by atoms with Crippen LogP contribution in [0.15, 0.2) is 15.8 Å². The van der Waals surface area contributed by atoms with Gasteiger partial charge in [0.2, 0.25) is 0 Å². The van der Waals surface area contributed by atoms with Gasteiger partial charge in [-0.15, -0.1) is 0 Å². The molecule has 0 spiro atoms. The summed E-state index contributed by atoms with van der Waals surface area (Å²) >= 11 is 0. The number of esters is 1. The number of carbonyl (C=O) groups is 1. The molecule has 14 heteroatoms. The van der Waals surface area contributed by atoms with E-state index in [1.54, 1.807) is 6.92 Å². The Bertz CT molecular complexity index is 1300. The monoisotopic (exact) mass is 688 g/mol. The summed E-state index contributed by atoms with van der Waals surface area (Å²) in [6, 6.07) is 0. The van der Waals surface area contributed by atoms with Crippen molar-refractivity contribution in [1.82, 2.24) is 9.55 Å². The van der Waals surface area contributed by atoms with Crippen molar-refractivity contribution in [3.05, 3.63) is 32.6 Å². The number of aromatic amines is 1. The minimum absolute atomic E-state index is 0.0178. The summed E-state index contributed by atoms with van der Waals surface area (Å²) in [7, 11) is -7.15. The number of hydrogen-bond acceptors (Lipinski definition) is 9. The van der Waals surface area contributed by atoms with Crippen molar-refractivity contribution in [3.8, 4) is 0 Å². The second kappa shape index (κ2) is 13.6. The standard InChI is InChI=1S/C31H60N2O9Si3/c1-17-38-27(36)22(34)20-18-33(28(37)32-25(20)35)26-24(42-45(15,16)31(8,9)10)23(41-44(13,14)30(5,6)7)21(40-26)19-39-43(11,12)29(2,3)4/h18,21-24,26,34H,17,19H2,1-16H3,(H,32,35,37)/t21-,22?,23-,24-,26-/m1/s1. The fourth-order valence-corrected chi connectivity index (χ4v) is 7.73. The highest BCUT2D eigenvalue weighted by Gasteiger charge is 2.55. The van der Waals surface area contributed by atoms with Crippen LogP contribution in [0.5, 0.6) is 0 Å². The zero-order valence-electron chi connectivity index (χ0n) is 30.5. The first-order chi connectivity index (χ1) is 20.1. The van der Waals surface area contributed by atoms with Crippen molar-refractivity contribution < 1.29 is 32.7 Å². The van der Waals surface area contributed by atoms with Crippen molar-refractivity contribution in [3.63, 3.8) is 0 Å². The molecule has 1 aliphatic rings. The van der Waals surface area contributed by atoms with Crippen molar-refractivity contribution in [2.75, 3.05) is 13.2 Å². The quantitative estimate of drug-likeness (QED) is 0.217. The highest BCUT2D eigenvalue weighted by atomic mass is 28.4. The Morgan fingerprint density at radius 2 is 1.36 bits per heavy atom. The van der Waals surface area contributed by atoms with Gasteiger partial charge in [0.05, 0.1) is 18.8 Å². The predicted octanol–water partition coefficient (Wildman–Crippen LogP) is 5.83. The van der Waals surface area contributed by atoms with Crippen molar-refractivity contribution in [2.24, 2.45) is 0 Å². The van der Waals surface area contributed by atoms with Crippen LogP contribution in [0.1, 0.15) is 87.1 Å². The maximum absolute atomic E-state index is 13.4. The van der Waals surface area contributed by atoms with E-state index in [-0.39, 0.29) is 33.9 Å². The van der Waals surface area contributed by atoms with E-state index in [1.165, 1.54) is 10.8 Å². The van der Waals surface area contributed by atoms with Crippen molar-refractivity contribution in [1.29, 1.82) is 0 Å². The van der Waals surface area contributed by atoms with Gasteiger partial charge in [0, 0.05) is 6.20 Å². The molecule has 0 bridgehead atoms. The molecule has 2 heterocycles. The van der Waals surface area contributed by atoms with Gasteiger partial charge >= 0.3 is 11.7 Å². The Labute approximate surface area is 272 Å². The molecule has 1 fully saturated rings. The Balaban J connectivity index is 2.81. The second-order valence-electron chi connectivity index (χ2n) is 16.7. The molecule has 11 nitrogen and oxygen atoms in total. The van der Waals surface area contributed by atoms with E-state index < -0.39 is 72.8 Å². The largest absolute Gasteiger partial charge is 0.464 e. The molecular weight excluding hydrogens is 629 g/mol. The third-order valence-corrected chi connectivity index (χ3v) is 23.7. The third kappa shape index (κ3) is 8.95. The van der Waals surface area contributed by atoms with Gasteiger partial charge in [0.25, 0.3) is 5.56 Å². The van der Waals surface area contributed by atoms with Gasteiger partial charge in [0.1, 0.15) is 18.3 Å². The number of nitrogens with one attached hydrogen (secondary N) is 1. The number of aliphatic hydroxyl groups excluding tert-OH is 1. The molecule has 1 saturated heterocycles. The fourth-order valence-electron chi connectivity index (χ4n) is 4.11. The molecule has 0 aliphatic carbocycles. The average Bonchev–Trinajstić information content (AvgIpc) is 3.16. The number of carbonyl (C=O) groups excluding carboxylic acids is 1. The first kappa shape index (κ1) is 39.8. The number of aromatic nitrogens is 2. The molecule has 1 aromatic heterocycles. The minimum Gasteiger partial charge on any atom is -0.464 e. The van der Waals surface area contributed by atoms with E-state index in [0.29, 0.717) is 0 Å². The summed E-state index contributed by atoms with van der Waals surface area (Å²) in [5.41, 5.74) is -1.97.